The number of carbonyl (C=O) groups excluding carboxylic acids is 2. The van der Waals surface area contributed by atoms with E-state index in [0.29, 0.717) is 9.88 Å². The summed E-state index contributed by atoms with van der Waals surface area (Å²) >= 11 is 1.23. The third-order valence-corrected chi connectivity index (χ3v) is 4.59. The number of rotatable bonds is 3. The normalized spacial score (nSPS) is 10.5. The summed E-state index contributed by atoms with van der Waals surface area (Å²) in [6.07, 6.45) is 0. The van der Waals surface area contributed by atoms with Gasteiger partial charge in [-0.05, 0) is 43.5 Å². The number of ether oxygens (including phenoxy) is 1. The first-order valence-electron chi connectivity index (χ1n) is 6.53. The molecule has 0 aliphatic rings. The molecule has 0 atom stereocenters. The molecule has 0 spiro atoms. The number of benzene rings is 1. The molecule has 2 rings (SSSR count). The number of hydrogen-bond donors (Lipinski definition) is 0. The lowest BCUT2D eigenvalue weighted by Gasteiger charge is -2.07. The van der Waals surface area contributed by atoms with Crippen molar-refractivity contribution in [2.24, 2.45) is 0 Å². The van der Waals surface area contributed by atoms with E-state index in [-0.39, 0.29) is 11.5 Å². The number of Topliss-reactive ketones (excluding diaryl/α,β-unsaturated/α-hetero) is 1. The number of nitrogens with zero attached hydrogens (tertiary/aromatic N) is 1. The number of aryl methyl sites for hydroxylation is 3. The minimum Gasteiger partial charge on any atom is -0.464 e. The fraction of sp³-hybridized carbons (Fsp3) is 0.312. The van der Waals surface area contributed by atoms with Gasteiger partial charge < -0.3 is 4.74 Å². The molecule has 0 saturated heterocycles. The Hall–Kier alpha value is -2.01. The first-order valence-corrected chi connectivity index (χ1v) is 7.35. The SMILES string of the molecule is COC(=O)c1nc(-c2cc(C)c(C)cc2C)sc1C(C)=O. The number of aromatic nitrogens is 1. The van der Waals surface area contributed by atoms with Crippen LogP contribution in [0, 0.1) is 20.8 Å². The Balaban J connectivity index is 2.63. The van der Waals surface area contributed by atoms with E-state index in [1.54, 1.807) is 0 Å². The number of hydrogen-bond acceptors (Lipinski definition) is 5. The molecular formula is C16H17NO3S. The van der Waals surface area contributed by atoms with Crippen LogP contribution in [0.2, 0.25) is 0 Å². The molecule has 1 heterocycles. The van der Waals surface area contributed by atoms with Gasteiger partial charge in [0.1, 0.15) is 9.88 Å². The highest BCUT2D eigenvalue weighted by atomic mass is 32.1. The number of methoxy groups -OCH3 is 1. The van der Waals surface area contributed by atoms with Crippen molar-refractivity contribution in [2.45, 2.75) is 27.7 Å². The van der Waals surface area contributed by atoms with Gasteiger partial charge >= 0.3 is 5.97 Å². The zero-order valence-electron chi connectivity index (χ0n) is 12.7. The molecule has 0 bridgehead atoms. The van der Waals surface area contributed by atoms with Gasteiger partial charge in [-0.25, -0.2) is 9.78 Å². The number of ketones is 1. The third-order valence-electron chi connectivity index (χ3n) is 3.40. The zero-order valence-corrected chi connectivity index (χ0v) is 13.6. The second-order valence-electron chi connectivity index (χ2n) is 5.00. The smallest absolute Gasteiger partial charge is 0.358 e. The lowest BCUT2D eigenvalue weighted by Crippen LogP contribution is -2.06. The van der Waals surface area contributed by atoms with Gasteiger partial charge in [-0.15, -0.1) is 11.3 Å². The Morgan fingerprint density at radius 2 is 1.71 bits per heavy atom. The van der Waals surface area contributed by atoms with Crippen molar-refractivity contribution in [3.05, 3.63) is 39.4 Å². The standard InChI is InChI=1S/C16H17NO3S/c1-8-6-10(3)12(7-9(8)2)15-17-13(16(19)20-5)14(21-15)11(4)18/h6-7H,1-5H3. The van der Waals surface area contributed by atoms with Crippen LogP contribution in [0.15, 0.2) is 12.1 Å². The molecule has 1 aromatic heterocycles. The molecule has 0 radical (unpaired) electrons. The van der Waals surface area contributed by atoms with Gasteiger partial charge in [0.05, 0.1) is 7.11 Å². The largest absolute Gasteiger partial charge is 0.464 e. The molecule has 1 aromatic carbocycles. The molecule has 0 unspecified atom stereocenters. The molecule has 5 heteroatoms. The highest BCUT2D eigenvalue weighted by Crippen LogP contribution is 2.32. The highest BCUT2D eigenvalue weighted by molar-refractivity contribution is 7.17. The summed E-state index contributed by atoms with van der Waals surface area (Å²) in [4.78, 5) is 28.1. The number of thiazole rings is 1. The van der Waals surface area contributed by atoms with Gasteiger partial charge in [0, 0.05) is 12.5 Å². The molecule has 110 valence electrons. The van der Waals surface area contributed by atoms with E-state index in [2.05, 4.69) is 18.0 Å². The van der Waals surface area contributed by atoms with Gasteiger partial charge in [0.15, 0.2) is 11.5 Å². The molecular weight excluding hydrogens is 286 g/mol. The van der Waals surface area contributed by atoms with Crippen LogP contribution in [-0.2, 0) is 4.74 Å². The summed E-state index contributed by atoms with van der Waals surface area (Å²) in [6, 6.07) is 4.12. The Morgan fingerprint density at radius 1 is 1.10 bits per heavy atom. The molecule has 21 heavy (non-hydrogen) atoms. The van der Waals surface area contributed by atoms with Crippen molar-refractivity contribution < 1.29 is 14.3 Å². The van der Waals surface area contributed by atoms with Crippen molar-refractivity contribution in [2.75, 3.05) is 7.11 Å². The quantitative estimate of drug-likeness (QED) is 0.640. The second-order valence-corrected chi connectivity index (χ2v) is 5.99. The van der Waals surface area contributed by atoms with Crippen molar-refractivity contribution >= 4 is 23.1 Å². The third kappa shape index (κ3) is 2.88. The predicted molar refractivity (Wildman–Crippen MR) is 83.1 cm³/mol. The van der Waals surface area contributed by atoms with E-state index < -0.39 is 5.97 Å². The van der Waals surface area contributed by atoms with Crippen LogP contribution in [0.5, 0.6) is 0 Å². The second kappa shape index (κ2) is 5.77. The van der Waals surface area contributed by atoms with Crippen LogP contribution < -0.4 is 0 Å². The molecule has 0 aliphatic heterocycles. The van der Waals surface area contributed by atoms with E-state index in [1.807, 2.05) is 19.9 Å². The predicted octanol–water partition coefficient (Wildman–Crippen LogP) is 3.72. The summed E-state index contributed by atoms with van der Waals surface area (Å²) in [6.45, 7) is 7.50. The van der Waals surface area contributed by atoms with Gasteiger partial charge in [-0.2, -0.15) is 0 Å². The zero-order chi connectivity index (χ0) is 15.7. The number of esters is 1. The lowest BCUT2D eigenvalue weighted by molar-refractivity contribution is 0.0591. The van der Waals surface area contributed by atoms with Crippen LogP contribution in [0.3, 0.4) is 0 Å². The van der Waals surface area contributed by atoms with E-state index in [1.165, 1.54) is 30.9 Å². The Labute approximate surface area is 127 Å². The topological polar surface area (TPSA) is 56.3 Å². The van der Waals surface area contributed by atoms with Crippen LogP contribution in [0.25, 0.3) is 10.6 Å². The monoisotopic (exact) mass is 303 g/mol. The number of carbonyl (C=O) groups is 2. The summed E-state index contributed by atoms with van der Waals surface area (Å²) in [5, 5.41) is 0.668. The molecule has 0 N–H and O–H groups in total. The fourth-order valence-corrected chi connectivity index (χ4v) is 3.13. The maximum Gasteiger partial charge on any atom is 0.358 e. The minimum absolute atomic E-state index is 0.0997. The summed E-state index contributed by atoms with van der Waals surface area (Å²) < 4.78 is 4.70. The van der Waals surface area contributed by atoms with Crippen molar-refractivity contribution in [3.63, 3.8) is 0 Å². The Bertz CT molecular complexity index is 731. The van der Waals surface area contributed by atoms with Crippen LogP contribution in [0.1, 0.15) is 43.8 Å². The highest BCUT2D eigenvalue weighted by Gasteiger charge is 2.23. The Morgan fingerprint density at radius 3 is 2.29 bits per heavy atom. The van der Waals surface area contributed by atoms with E-state index in [4.69, 9.17) is 4.74 Å². The van der Waals surface area contributed by atoms with E-state index >= 15 is 0 Å². The van der Waals surface area contributed by atoms with Crippen molar-refractivity contribution in [1.29, 1.82) is 0 Å². The molecule has 0 fully saturated rings. The minimum atomic E-state index is -0.579. The first kappa shape index (κ1) is 15.4. The summed E-state index contributed by atoms with van der Waals surface area (Å²) in [7, 11) is 1.28. The Kier molecular flexibility index (Phi) is 4.23. The molecule has 0 amide bonds. The van der Waals surface area contributed by atoms with Crippen LogP contribution >= 0.6 is 11.3 Å². The maximum absolute atomic E-state index is 11.8. The van der Waals surface area contributed by atoms with Gasteiger partial charge in [0.25, 0.3) is 0 Å². The average molecular weight is 303 g/mol. The summed E-state index contributed by atoms with van der Waals surface area (Å²) in [5.74, 6) is -0.759. The molecule has 4 nitrogen and oxygen atoms in total. The van der Waals surface area contributed by atoms with Crippen LogP contribution in [-0.4, -0.2) is 23.8 Å². The van der Waals surface area contributed by atoms with Gasteiger partial charge in [-0.1, -0.05) is 6.07 Å². The lowest BCUT2D eigenvalue weighted by atomic mass is 10.0. The summed E-state index contributed by atoms with van der Waals surface area (Å²) in [5.41, 5.74) is 4.46. The molecule has 0 saturated carbocycles. The molecule has 0 aliphatic carbocycles. The van der Waals surface area contributed by atoms with Gasteiger partial charge in [0.2, 0.25) is 0 Å². The molecule has 2 aromatic rings. The van der Waals surface area contributed by atoms with Crippen molar-refractivity contribution in [1.82, 2.24) is 4.98 Å². The van der Waals surface area contributed by atoms with Gasteiger partial charge in [-0.3, -0.25) is 4.79 Å². The van der Waals surface area contributed by atoms with E-state index in [0.717, 1.165) is 16.7 Å². The fourth-order valence-electron chi connectivity index (χ4n) is 2.10. The van der Waals surface area contributed by atoms with E-state index in [9.17, 15) is 9.59 Å². The first-order chi connectivity index (χ1) is 9.85. The van der Waals surface area contributed by atoms with Crippen LogP contribution in [0.4, 0.5) is 0 Å². The maximum atomic E-state index is 11.8. The average Bonchev–Trinajstić information content (AvgIpc) is 2.87. The van der Waals surface area contributed by atoms with Crippen molar-refractivity contribution in [3.8, 4) is 10.6 Å².